The molecular weight excluding hydrogens is 398 g/mol. The van der Waals surface area contributed by atoms with Gasteiger partial charge in [0.25, 0.3) is 0 Å². The van der Waals surface area contributed by atoms with Crippen LogP contribution in [0.25, 0.3) is 6.08 Å². The highest BCUT2D eigenvalue weighted by atomic mass is 16.6. The van der Waals surface area contributed by atoms with Crippen molar-refractivity contribution in [1.82, 2.24) is 4.90 Å². The fraction of sp³-hybridized carbons (Fsp3) is 0.609. The molecule has 0 N–H and O–H groups in total. The van der Waals surface area contributed by atoms with Crippen molar-refractivity contribution < 1.29 is 19.2 Å². The Labute approximate surface area is 183 Å². The third-order valence-corrected chi connectivity index (χ3v) is 6.39. The first-order valence-corrected chi connectivity index (χ1v) is 10.8. The predicted octanol–water partition coefficient (Wildman–Crippen LogP) is 4.86. The molecule has 0 saturated carbocycles. The SMILES string of the molecule is C=Cc1cc([N+](=O)[O-])c(OC)cc1N1CCC2(CCN(C(=O)OC(C)(C)C)CC2)CC1. The number of anilines is 1. The number of amides is 1. The van der Waals surface area contributed by atoms with Crippen LogP contribution in [0.3, 0.4) is 0 Å². The average Bonchev–Trinajstić information content (AvgIpc) is 2.72. The summed E-state index contributed by atoms with van der Waals surface area (Å²) >= 11 is 0. The normalized spacial score (nSPS) is 18.6. The molecule has 0 bridgehead atoms. The highest BCUT2D eigenvalue weighted by molar-refractivity contribution is 5.73. The predicted molar refractivity (Wildman–Crippen MR) is 121 cm³/mol. The zero-order chi connectivity index (χ0) is 22.8. The molecule has 8 heteroatoms. The summed E-state index contributed by atoms with van der Waals surface area (Å²) in [6.07, 6.45) is 5.41. The smallest absolute Gasteiger partial charge is 0.410 e. The highest BCUT2D eigenvalue weighted by Crippen LogP contribution is 2.44. The molecule has 0 aromatic heterocycles. The summed E-state index contributed by atoms with van der Waals surface area (Å²) in [6.45, 7) is 12.6. The van der Waals surface area contributed by atoms with E-state index in [1.165, 1.54) is 13.2 Å². The maximum atomic E-state index is 12.4. The number of piperidine rings is 2. The van der Waals surface area contributed by atoms with Gasteiger partial charge in [0.05, 0.1) is 12.0 Å². The minimum atomic E-state index is -0.480. The second-order valence-corrected chi connectivity index (χ2v) is 9.50. The van der Waals surface area contributed by atoms with Crippen molar-refractivity contribution in [3.8, 4) is 5.75 Å². The number of ether oxygens (including phenoxy) is 2. The quantitative estimate of drug-likeness (QED) is 0.500. The van der Waals surface area contributed by atoms with Gasteiger partial charge in [-0.3, -0.25) is 10.1 Å². The molecule has 0 radical (unpaired) electrons. The monoisotopic (exact) mass is 431 g/mol. The first-order chi connectivity index (χ1) is 14.6. The van der Waals surface area contributed by atoms with Gasteiger partial charge in [0, 0.05) is 49.6 Å². The summed E-state index contributed by atoms with van der Waals surface area (Å²) in [7, 11) is 1.45. The fourth-order valence-corrected chi connectivity index (χ4v) is 4.53. The number of carbonyl (C=O) groups is 1. The molecule has 1 aromatic carbocycles. The Bertz CT molecular complexity index is 844. The molecule has 1 amide bonds. The van der Waals surface area contributed by atoms with Gasteiger partial charge in [-0.2, -0.15) is 0 Å². The first kappa shape index (κ1) is 22.9. The second kappa shape index (κ2) is 8.77. The maximum Gasteiger partial charge on any atom is 0.410 e. The molecule has 2 aliphatic heterocycles. The van der Waals surface area contributed by atoms with Crippen LogP contribution in [0.5, 0.6) is 5.75 Å². The van der Waals surface area contributed by atoms with E-state index in [-0.39, 0.29) is 22.9 Å². The van der Waals surface area contributed by atoms with Gasteiger partial charge < -0.3 is 19.3 Å². The Morgan fingerprint density at radius 2 is 1.74 bits per heavy atom. The largest absolute Gasteiger partial charge is 0.490 e. The zero-order valence-electron chi connectivity index (χ0n) is 19.0. The third-order valence-electron chi connectivity index (χ3n) is 6.39. The van der Waals surface area contributed by atoms with Crippen LogP contribution >= 0.6 is 0 Å². The maximum absolute atomic E-state index is 12.4. The van der Waals surface area contributed by atoms with Crippen molar-refractivity contribution in [2.24, 2.45) is 5.41 Å². The molecule has 3 rings (SSSR count). The van der Waals surface area contributed by atoms with Crippen LogP contribution in [0.15, 0.2) is 18.7 Å². The summed E-state index contributed by atoms with van der Waals surface area (Å²) in [5, 5.41) is 11.3. The van der Waals surface area contributed by atoms with Crippen LogP contribution in [0.2, 0.25) is 0 Å². The van der Waals surface area contributed by atoms with Gasteiger partial charge in [0.2, 0.25) is 0 Å². The van der Waals surface area contributed by atoms with Gasteiger partial charge in [-0.1, -0.05) is 12.7 Å². The summed E-state index contributed by atoms with van der Waals surface area (Å²) in [5.74, 6) is 0.261. The number of likely N-dealkylation sites (tertiary alicyclic amines) is 1. The van der Waals surface area contributed by atoms with E-state index in [0.29, 0.717) is 0 Å². The van der Waals surface area contributed by atoms with Crippen molar-refractivity contribution in [1.29, 1.82) is 0 Å². The Kier molecular flexibility index (Phi) is 6.48. The third kappa shape index (κ3) is 5.11. The topological polar surface area (TPSA) is 85.2 Å². The number of hydrogen-bond donors (Lipinski definition) is 0. The van der Waals surface area contributed by atoms with Gasteiger partial charge >= 0.3 is 11.8 Å². The minimum Gasteiger partial charge on any atom is -0.490 e. The van der Waals surface area contributed by atoms with Crippen LogP contribution in [0.1, 0.15) is 52.0 Å². The van der Waals surface area contributed by atoms with E-state index >= 15 is 0 Å². The van der Waals surface area contributed by atoms with E-state index in [2.05, 4.69) is 11.5 Å². The molecule has 2 fully saturated rings. The van der Waals surface area contributed by atoms with Gasteiger partial charge in [0.1, 0.15) is 5.60 Å². The van der Waals surface area contributed by atoms with Crippen LogP contribution in [-0.2, 0) is 4.74 Å². The van der Waals surface area contributed by atoms with Crippen LogP contribution in [-0.4, -0.2) is 54.8 Å². The molecule has 0 unspecified atom stereocenters. The van der Waals surface area contributed by atoms with Gasteiger partial charge in [-0.25, -0.2) is 4.79 Å². The number of nitro groups is 1. The van der Waals surface area contributed by atoms with Crippen molar-refractivity contribution in [3.05, 3.63) is 34.4 Å². The minimum absolute atomic E-state index is 0.0517. The van der Waals surface area contributed by atoms with Gasteiger partial charge in [0.15, 0.2) is 5.75 Å². The molecule has 8 nitrogen and oxygen atoms in total. The van der Waals surface area contributed by atoms with Crippen molar-refractivity contribution in [3.63, 3.8) is 0 Å². The molecule has 0 aliphatic carbocycles. The zero-order valence-corrected chi connectivity index (χ0v) is 19.0. The summed E-state index contributed by atoms with van der Waals surface area (Å²) in [5.41, 5.74) is 1.35. The number of carbonyl (C=O) groups excluding carboxylic acids is 1. The number of rotatable bonds is 4. The van der Waals surface area contributed by atoms with E-state index in [0.717, 1.165) is 63.1 Å². The number of nitrogens with zero attached hydrogens (tertiary/aromatic N) is 3. The Balaban J connectivity index is 1.66. The average molecular weight is 432 g/mol. The van der Waals surface area contributed by atoms with Crippen LogP contribution in [0.4, 0.5) is 16.2 Å². The molecule has 2 heterocycles. The standard InChI is InChI=1S/C23H33N3O5/c1-6-17-15-19(26(28)29)20(30-5)16-18(17)24-11-7-23(8-12-24)9-13-25(14-10-23)21(27)31-22(2,3)4/h6,15-16H,1,7-14H2,2-5H3. The second-order valence-electron chi connectivity index (χ2n) is 9.50. The van der Waals surface area contributed by atoms with E-state index < -0.39 is 10.5 Å². The van der Waals surface area contributed by atoms with E-state index in [9.17, 15) is 14.9 Å². The number of nitro benzene ring substituents is 1. The van der Waals surface area contributed by atoms with E-state index in [1.807, 2.05) is 25.7 Å². The molecule has 170 valence electrons. The Hall–Kier alpha value is -2.77. The lowest BCUT2D eigenvalue weighted by Crippen LogP contribution is -2.49. The lowest BCUT2D eigenvalue weighted by atomic mass is 9.71. The summed E-state index contributed by atoms with van der Waals surface area (Å²) in [4.78, 5) is 27.3. The summed E-state index contributed by atoms with van der Waals surface area (Å²) < 4.78 is 10.8. The molecule has 2 aliphatic rings. The van der Waals surface area contributed by atoms with E-state index in [4.69, 9.17) is 9.47 Å². The number of methoxy groups -OCH3 is 1. The lowest BCUT2D eigenvalue weighted by molar-refractivity contribution is -0.385. The molecule has 31 heavy (non-hydrogen) atoms. The fourth-order valence-electron chi connectivity index (χ4n) is 4.53. The Morgan fingerprint density at radius 3 is 2.23 bits per heavy atom. The Morgan fingerprint density at radius 1 is 1.16 bits per heavy atom. The van der Waals surface area contributed by atoms with Gasteiger partial charge in [-0.05, 0) is 51.9 Å². The van der Waals surface area contributed by atoms with Crippen molar-refractivity contribution in [2.75, 3.05) is 38.2 Å². The van der Waals surface area contributed by atoms with Gasteiger partial charge in [-0.15, -0.1) is 0 Å². The molecule has 2 saturated heterocycles. The molecular formula is C23H33N3O5. The molecule has 1 spiro atoms. The molecule has 0 atom stereocenters. The molecule has 1 aromatic rings. The van der Waals surface area contributed by atoms with Crippen molar-refractivity contribution in [2.45, 2.75) is 52.1 Å². The highest BCUT2D eigenvalue weighted by Gasteiger charge is 2.39. The first-order valence-electron chi connectivity index (χ1n) is 10.8. The lowest BCUT2D eigenvalue weighted by Gasteiger charge is -2.47. The number of hydrogen-bond acceptors (Lipinski definition) is 6. The van der Waals surface area contributed by atoms with Crippen molar-refractivity contribution >= 4 is 23.5 Å². The van der Waals surface area contributed by atoms with Crippen LogP contribution in [0, 0.1) is 15.5 Å². The summed E-state index contributed by atoms with van der Waals surface area (Å²) in [6, 6.07) is 3.28. The van der Waals surface area contributed by atoms with E-state index in [1.54, 1.807) is 12.1 Å². The van der Waals surface area contributed by atoms with Crippen LogP contribution < -0.4 is 9.64 Å². The number of benzene rings is 1.